The molecule has 0 bridgehead atoms. The Morgan fingerprint density at radius 2 is 1.56 bits per heavy atom. The van der Waals surface area contributed by atoms with Crippen molar-refractivity contribution in [3.8, 4) is 17.2 Å². The summed E-state index contributed by atoms with van der Waals surface area (Å²) in [5.74, 6) is -1.12. The molecule has 0 saturated heterocycles. The van der Waals surface area contributed by atoms with Gasteiger partial charge in [0.1, 0.15) is 28.3 Å². The lowest BCUT2D eigenvalue weighted by molar-refractivity contribution is -0.143. The van der Waals surface area contributed by atoms with Gasteiger partial charge in [0.25, 0.3) is 0 Å². The van der Waals surface area contributed by atoms with Gasteiger partial charge >= 0.3 is 11.9 Å². The molecule has 0 radical (unpaired) electrons. The predicted molar refractivity (Wildman–Crippen MR) is 153 cm³/mol. The summed E-state index contributed by atoms with van der Waals surface area (Å²) in [6.45, 7) is 3.39. The summed E-state index contributed by atoms with van der Waals surface area (Å²) in [7, 11) is 2.72. The van der Waals surface area contributed by atoms with Gasteiger partial charge in [-0.15, -0.1) is 0 Å². The number of carbonyl (C=O) groups is 3. The van der Waals surface area contributed by atoms with E-state index in [1.165, 1.54) is 14.2 Å². The third kappa shape index (κ3) is 7.06. The molecule has 1 aromatic heterocycles. The van der Waals surface area contributed by atoms with Gasteiger partial charge in [0.2, 0.25) is 0 Å². The molecule has 0 amide bonds. The normalized spacial score (nSPS) is 11.6. The Bertz CT molecular complexity index is 1610. The highest BCUT2D eigenvalue weighted by molar-refractivity contribution is 7.00. The number of carbonyl (C=O) groups excluding carboxylic acids is 2. The van der Waals surface area contributed by atoms with Crippen LogP contribution in [0.1, 0.15) is 35.3 Å². The van der Waals surface area contributed by atoms with Gasteiger partial charge in [0.05, 0.1) is 37.6 Å². The molecule has 11 heteroatoms. The van der Waals surface area contributed by atoms with Gasteiger partial charge in [-0.25, -0.2) is 9.59 Å². The van der Waals surface area contributed by atoms with E-state index in [0.29, 0.717) is 33.7 Å². The molecule has 0 unspecified atom stereocenters. The molecule has 4 aromatic rings. The van der Waals surface area contributed by atoms with Crippen molar-refractivity contribution in [2.45, 2.75) is 26.4 Å². The zero-order valence-electron chi connectivity index (χ0n) is 22.9. The molecule has 1 heterocycles. The summed E-state index contributed by atoms with van der Waals surface area (Å²) in [5.41, 5.74) is 1.98. The zero-order chi connectivity index (χ0) is 29.5. The summed E-state index contributed by atoms with van der Waals surface area (Å²) in [6.07, 6.45) is -0.183. The van der Waals surface area contributed by atoms with E-state index in [-0.39, 0.29) is 41.6 Å². The van der Waals surface area contributed by atoms with Crippen LogP contribution in [0.5, 0.6) is 17.2 Å². The van der Waals surface area contributed by atoms with Crippen LogP contribution in [0, 0.1) is 0 Å². The topological polar surface area (TPSA) is 134 Å². The quantitative estimate of drug-likeness (QED) is 0.139. The summed E-state index contributed by atoms with van der Waals surface area (Å²) in [6, 6.07) is 16.2. The molecule has 3 aromatic carbocycles. The number of benzene rings is 3. The van der Waals surface area contributed by atoms with Gasteiger partial charge in [-0.05, 0) is 67.4 Å². The first-order valence-corrected chi connectivity index (χ1v) is 13.3. The highest BCUT2D eigenvalue weighted by atomic mass is 32.1. The third-order valence-electron chi connectivity index (χ3n) is 6.04. The van der Waals surface area contributed by atoms with E-state index >= 15 is 0 Å². The summed E-state index contributed by atoms with van der Waals surface area (Å²) >= 11 is 1.01. The first-order chi connectivity index (χ1) is 19.7. The minimum atomic E-state index is -1.29. The van der Waals surface area contributed by atoms with Gasteiger partial charge in [0.15, 0.2) is 12.4 Å². The first-order valence-electron chi connectivity index (χ1n) is 12.6. The number of allylic oxidation sites excluding steroid dienone is 1. The van der Waals surface area contributed by atoms with Crippen LogP contribution in [-0.2, 0) is 20.7 Å². The van der Waals surface area contributed by atoms with E-state index in [1.54, 1.807) is 60.7 Å². The van der Waals surface area contributed by atoms with Gasteiger partial charge in [-0.1, -0.05) is 12.1 Å². The molecule has 212 valence electrons. The number of hydrogen-bond donors (Lipinski definition) is 1. The lowest BCUT2D eigenvalue weighted by Crippen LogP contribution is -2.16. The van der Waals surface area contributed by atoms with Crippen molar-refractivity contribution in [1.29, 1.82) is 0 Å². The molecule has 0 aliphatic heterocycles. The van der Waals surface area contributed by atoms with Crippen LogP contribution in [0.3, 0.4) is 0 Å². The number of methoxy groups -OCH3 is 2. The number of carboxylic acids is 1. The molecule has 41 heavy (non-hydrogen) atoms. The number of aromatic nitrogens is 2. The molecule has 0 aliphatic carbocycles. The van der Waals surface area contributed by atoms with Gasteiger partial charge in [-0.3, -0.25) is 4.79 Å². The fourth-order valence-corrected chi connectivity index (χ4v) is 4.62. The van der Waals surface area contributed by atoms with Crippen LogP contribution >= 0.6 is 11.7 Å². The molecule has 10 nitrogen and oxygen atoms in total. The zero-order valence-corrected chi connectivity index (χ0v) is 23.7. The van der Waals surface area contributed by atoms with Crippen molar-refractivity contribution in [1.82, 2.24) is 8.75 Å². The number of fused-ring (bicyclic) bond motifs is 1. The molecule has 0 saturated carbocycles. The SMILES string of the molecule is COC(=O)COc1cc(OC)ccc1CC(C(=O)c1ccc(OC(C)C)cc1)=C(C(=O)O)c1ccc2nsnc2c1. The van der Waals surface area contributed by atoms with Crippen molar-refractivity contribution in [3.05, 3.63) is 82.9 Å². The Morgan fingerprint density at radius 1 is 0.878 bits per heavy atom. The van der Waals surface area contributed by atoms with Crippen LogP contribution in [-0.4, -0.2) is 58.5 Å². The van der Waals surface area contributed by atoms with E-state index in [2.05, 4.69) is 13.5 Å². The van der Waals surface area contributed by atoms with Crippen molar-refractivity contribution in [2.24, 2.45) is 0 Å². The number of ether oxygens (including phenoxy) is 4. The van der Waals surface area contributed by atoms with E-state index in [4.69, 9.17) is 14.2 Å². The molecule has 0 atom stereocenters. The van der Waals surface area contributed by atoms with Gasteiger partial charge in [0, 0.05) is 23.6 Å². The highest BCUT2D eigenvalue weighted by Gasteiger charge is 2.26. The van der Waals surface area contributed by atoms with Gasteiger partial charge < -0.3 is 24.1 Å². The lowest BCUT2D eigenvalue weighted by Gasteiger charge is -2.17. The van der Waals surface area contributed by atoms with Crippen LogP contribution in [0.25, 0.3) is 16.6 Å². The Balaban J connectivity index is 1.86. The van der Waals surface area contributed by atoms with Crippen LogP contribution in [0.15, 0.2) is 66.2 Å². The lowest BCUT2D eigenvalue weighted by atomic mass is 9.89. The second-order valence-corrected chi connectivity index (χ2v) is 9.69. The van der Waals surface area contributed by atoms with E-state index < -0.39 is 17.7 Å². The summed E-state index contributed by atoms with van der Waals surface area (Å²) in [5, 5.41) is 10.4. The van der Waals surface area contributed by atoms with Gasteiger partial charge in [-0.2, -0.15) is 8.75 Å². The second-order valence-electron chi connectivity index (χ2n) is 9.16. The van der Waals surface area contributed by atoms with E-state index in [9.17, 15) is 19.5 Å². The Kier molecular flexibility index (Phi) is 9.30. The first kappa shape index (κ1) is 29.2. The number of aliphatic carboxylic acids is 1. The fourth-order valence-electron chi connectivity index (χ4n) is 4.11. The predicted octanol–water partition coefficient (Wildman–Crippen LogP) is 5.00. The average Bonchev–Trinajstić information content (AvgIpc) is 3.43. The number of nitrogens with zero attached hydrogens (tertiary/aromatic N) is 2. The number of Topliss-reactive ketones (excluding diaryl/α,β-unsaturated/α-hetero) is 1. The monoisotopic (exact) mass is 576 g/mol. The van der Waals surface area contributed by atoms with Crippen molar-refractivity contribution in [2.75, 3.05) is 20.8 Å². The minimum Gasteiger partial charge on any atom is -0.497 e. The largest absolute Gasteiger partial charge is 0.497 e. The number of rotatable bonds is 12. The number of esters is 1. The van der Waals surface area contributed by atoms with E-state index in [0.717, 1.165) is 11.7 Å². The molecular formula is C30H28N2O8S. The highest BCUT2D eigenvalue weighted by Crippen LogP contribution is 2.32. The third-order valence-corrected chi connectivity index (χ3v) is 6.59. The Labute approximate surface area is 240 Å². The summed E-state index contributed by atoms with van der Waals surface area (Å²) < 4.78 is 29.8. The van der Waals surface area contributed by atoms with Crippen molar-refractivity contribution >= 4 is 46.1 Å². The summed E-state index contributed by atoms with van der Waals surface area (Å²) in [4.78, 5) is 38.6. The number of ketones is 1. The molecule has 0 fully saturated rings. The second kappa shape index (κ2) is 13.1. The maximum Gasteiger partial charge on any atom is 0.343 e. The standard InChI is InChI=1S/C30H28N2O8S/c1-17(2)40-21-9-5-18(6-10-21)29(34)23(28(30(35)36)20-8-12-24-25(14-20)32-41-31-24)13-19-7-11-22(37-3)15-26(19)39-16-27(33)38-4/h5-12,14-15,17H,13,16H2,1-4H3,(H,35,36). The van der Waals surface area contributed by atoms with Crippen molar-refractivity contribution < 1.29 is 38.4 Å². The van der Waals surface area contributed by atoms with Crippen LogP contribution in [0.4, 0.5) is 0 Å². The average molecular weight is 577 g/mol. The molecule has 0 aliphatic rings. The number of hydrogen-bond acceptors (Lipinski definition) is 10. The minimum absolute atomic E-state index is 0.00523. The maximum atomic E-state index is 14.0. The molecule has 4 rings (SSSR count). The number of carboxylic acid groups (broad SMARTS) is 1. The van der Waals surface area contributed by atoms with Crippen LogP contribution in [0.2, 0.25) is 0 Å². The smallest absolute Gasteiger partial charge is 0.343 e. The molecule has 0 spiro atoms. The van der Waals surface area contributed by atoms with Crippen molar-refractivity contribution in [3.63, 3.8) is 0 Å². The Hall–Kier alpha value is -4.77. The maximum absolute atomic E-state index is 14.0. The Morgan fingerprint density at radius 3 is 2.22 bits per heavy atom. The fraction of sp³-hybridized carbons (Fsp3) is 0.233. The molecule has 1 N–H and O–H groups in total. The van der Waals surface area contributed by atoms with E-state index in [1.807, 2.05) is 13.8 Å². The molecular weight excluding hydrogens is 548 g/mol. The van der Waals surface area contributed by atoms with Crippen LogP contribution < -0.4 is 14.2 Å².